The lowest BCUT2D eigenvalue weighted by Gasteiger charge is -2.06. The molecule has 0 aliphatic heterocycles. The first-order chi connectivity index (χ1) is 10.1. The highest BCUT2D eigenvalue weighted by atomic mass is 16.3. The molecule has 0 aliphatic rings. The van der Waals surface area contributed by atoms with E-state index >= 15 is 0 Å². The zero-order valence-electron chi connectivity index (χ0n) is 12.1. The van der Waals surface area contributed by atoms with Gasteiger partial charge in [-0.2, -0.15) is 0 Å². The quantitative estimate of drug-likeness (QED) is 0.685. The van der Waals surface area contributed by atoms with E-state index in [1.54, 1.807) is 0 Å². The Kier molecular flexibility index (Phi) is 3.44. The Labute approximate surface area is 123 Å². The Bertz CT molecular complexity index is 743. The highest BCUT2D eigenvalue weighted by Gasteiger charge is 2.07. The van der Waals surface area contributed by atoms with Crippen LogP contribution >= 0.6 is 0 Å². The fraction of sp³-hybridized carbons (Fsp3) is 0.105. The Morgan fingerprint density at radius 2 is 1.05 bits per heavy atom. The summed E-state index contributed by atoms with van der Waals surface area (Å²) in [6, 6.07) is 19.0. The van der Waals surface area contributed by atoms with Crippen LogP contribution in [0, 0.1) is 13.8 Å². The Balaban J connectivity index is 2.10. The summed E-state index contributed by atoms with van der Waals surface area (Å²) in [5.74, 6) is 1.19. The van der Waals surface area contributed by atoms with Gasteiger partial charge < -0.3 is 4.42 Å². The number of rotatable bonds is 2. The first-order valence-corrected chi connectivity index (χ1v) is 6.91. The smallest absolute Gasteiger partial charge is 0.186 e. The second kappa shape index (κ2) is 5.41. The lowest BCUT2D eigenvalue weighted by Crippen LogP contribution is -1.98. The molecule has 0 radical (unpaired) electrons. The fourth-order valence-electron chi connectivity index (χ4n) is 2.20. The van der Waals surface area contributed by atoms with Gasteiger partial charge in [0.05, 0.1) is 0 Å². The SMILES string of the molecule is Cc1ccc(-c2cc(=O)cc(-c3ccc(C)cc3)o2)cc1. The van der Waals surface area contributed by atoms with E-state index < -0.39 is 0 Å². The van der Waals surface area contributed by atoms with Crippen LogP contribution in [0.15, 0.2) is 69.9 Å². The maximum absolute atomic E-state index is 11.9. The molecule has 0 atom stereocenters. The third-order valence-corrected chi connectivity index (χ3v) is 3.44. The molecule has 0 spiro atoms. The maximum Gasteiger partial charge on any atom is 0.186 e. The summed E-state index contributed by atoms with van der Waals surface area (Å²) in [6.45, 7) is 4.06. The van der Waals surface area contributed by atoms with E-state index in [2.05, 4.69) is 0 Å². The van der Waals surface area contributed by atoms with Crippen LogP contribution in [-0.4, -0.2) is 0 Å². The van der Waals surface area contributed by atoms with Crippen molar-refractivity contribution in [2.45, 2.75) is 13.8 Å². The standard InChI is InChI=1S/C19H16O2/c1-13-3-7-15(8-4-13)18-11-17(20)12-19(21-18)16-9-5-14(2)6-10-16/h3-12H,1-2H3. The highest BCUT2D eigenvalue weighted by molar-refractivity contribution is 5.63. The average Bonchev–Trinajstić information content (AvgIpc) is 2.48. The summed E-state index contributed by atoms with van der Waals surface area (Å²) >= 11 is 0. The minimum absolute atomic E-state index is 0.0487. The predicted octanol–water partition coefficient (Wildman–Crippen LogP) is 4.59. The number of hydrogen-bond acceptors (Lipinski definition) is 2. The van der Waals surface area contributed by atoms with Gasteiger partial charge in [0.25, 0.3) is 0 Å². The molecule has 2 aromatic carbocycles. The van der Waals surface area contributed by atoms with E-state index in [9.17, 15) is 4.79 Å². The van der Waals surface area contributed by atoms with Crippen molar-refractivity contribution >= 4 is 0 Å². The van der Waals surface area contributed by atoms with Gasteiger partial charge in [-0.3, -0.25) is 4.79 Å². The van der Waals surface area contributed by atoms with Gasteiger partial charge >= 0.3 is 0 Å². The lowest BCUT2D eigenvalue weighted by atomic mass is 10.1. The minimum atomic E-state index is -0.0487. The summed E-state index contributed by atoms with van der Waals surface area (Å²) in [5.41, 5.74) is 4.12. The van der Waals surface area contributed by atoms with E-state index in [1.807, 2.05) is 62.4 Å². The third kappa shape index (κ3) is 2.95. The number of aryl methyl sites for hydroxylation is 2. The molecule has 0 saturated carbocycles. The number of benzene rings is 2. The largest absolute Gasteiger partial charge is 0.456 e. The third-order valence-electron chi connectivity index (χ3n) is 3.44. The second-order valence-electron chi connectivity index (χ2n) is 5.25. The molecule has 3 aromatic rings. The molecule has 0 N–H and O–H groups in total. The molecule has 2 nitrogen and oxygen atoms in total. The van der Waals surface area contributed by atoms with Crippen LogP contribution in [0.2, 0.25) is 0 Å². The first-order valence-electron chi connectivity index (χ1n) is 6.91. The van der Waals surface area contributed by atoms with Crippen molar-refractivity contribution in [3.05, 3.63) is 82.0 Å². The summed E-state index contributed by atoms with van der Waals surface area (Å²) in [6.07, 6.45) is 0. The molecule has 0 unspecified atom stereocenters. The zero-order chi connectivity index (χ0) is 14.8. The molecule has 2 heteroatoms. The highest BCUT2D eigenvalue weighted by Crippen LogP contribution is 2.25. The van der Waals surface area contributed by atoms with Crippen molar-refractivity contribution < 1.29 is 4.42 Å². The molecule has 0 saturated heterocycles. The summed E-state index contributed by atoms with van der Waals surface area (Å²) in [4.78, 5) is 11.9. The lowest BCUT2D eigenvalue weighted by molar-refractivity contribution is 0.580. The Morgan fingerprint density at radius 3 is 1.43 bits per heavy atom. The first kappa shape index (κ1) is 13.4. The Hall–Kier alpha value is -2.61. The monoisotopic (exact) mass is 276 g/mol. The second-order valence-corrected chi connectivity index (χ2v) is 5.25. The summed E-state index contributed by atoms with van der Waals surface area (Å²) in [7, 11) is 0. The molecule has 1 heterocycles. The van der Waals surface area contributed by atoms with Crippen LogP contribution in [0.5, 0.6) is 0 Å². The Morgan fingerprint density at radius 1 is 0.667 bits per heavy atom. The average molecular weight is 276 g/mol. The van der Waals surface area contributed by atoms with Crippen molar-refractivity contribution in [3.8, 4) is 22.6 Å². The summed E-state index contributed by atoms with van der Waals surface area (Å²) < 4.78 is 5.91. The van der Waals surface area contributed by atoms with Crippen LogP contribution in [-0.2, 0) is 0 Å². The molecule has 3 rings (SSSR count). The van der Waals surface area contributed by atoms with Crippen LogP contribution in [0.1, 0.15) is 11.1 Å². The molecule has 0 bridgehead atoms. The molecule has 0 fully saturated rings. The fourth-order valence-corrected chi connectivity index (χ4v) is 2.20. The normalized spacial score (nSPS) is 10.6. The van der Waals surface area contributed by atoms with E-state index in [0.717, 1.165) is 11.1 Å². The van der Waals surface area contributed by atoms with Crippen molar-refractivity contribution in [2.24, 2.45) is 0 Å². The molecular weight excluding hydrogens is 260 g/mol. The van der Waals surface area contributed by atoms with Gasteiger partial charge in [0, 0.05) is 23.3 Å². The van der Waals surface area contributed by atoms with Gasteiger partial charge in [-0.1, -0.05) is 59.7 Å². The van der Waals surface area contributed by atoms with Crippen molar-refractivity contribution in [2.75, 3.05) is 0 Å². The van der Waals surface area contributed by atoms with Gasteiger partial charge in [0.1, 0.15) is 11.5 Å². The topological polar surface area (TPSA) is 30.2 Å². The van der Waals surface area contributed by atoms with Crippen LogP contribution in [0.4, 0.5) is 0 Å². The van der Waals surface area contributed by atoms with Crippen LogP contribution in [0.3, 0.4) is 0 Å². The van der Waals surface area contributed by atoms with Gasteiger partial charge in [-0.05, 0) is 13.8 Å². The molecular formula is C19H16O2. The minimum Gasteiger partial charge on any atom is -0.456 e. The zero-order valence-corrected chi connectivity index (χ0v) is 12.1. The molecule has 104 valence electrons. The van der Waals surface area contributed by atoms with E-state index in [-0.39, 0.29) is 5.43 Å². The van der Waals surface area contributed by atoms with Crippen LogP contribution < -0.4 is 5.43 Å². The van der Waals surface area contributed by atoms with Crippen molar-refractivity contribution in [3.63, 3.8) is 0 Å². The van der Waals surface area contributed by atoms with E-state index in [0.29, 0.717) is 11.5 Å². The van der Waals surface area contributed by atoms with Gasteiger partial charge in [0.15, 0.2) is 5.43 Å². The maximum atomic E-state index is 11.9. The molecule has 21 heavy (non-hydrogen) atoms. The van der Waals surface area contributed by atoms with Crippen LogP contribution in [0.25, 0.3) is 22.6 Å². The van der Waals surface area contributed by atoms with Crippen molar-refractivity contribution in [1.82, 2.24) is 0 Å². The number of hydrogen-bond donors (Lipinski definition) is 0. The molecule has 0 amide bonds. The van der Waals surface area contributed by atoms with E-state index in [1.165, 1.54) is 23.3 Å². The van der Waals surface area contributed by atoms with Crippen molar-refractivity contribution in [1.29, 1.82) is 0 Å². The van der Waals surface area contributed by atoms with Gasteiger partial charge in [0.2, 0.25) is 0 Å². The predicted molar refractivity (Wildman–Crippen MR) is 85.3 cm³/mol. The van der Waals surface area contributed by atoms with Gasteiger partial charge in [-0.15, -0.1) is 0 Å². The summed E-state index contributed by atoms with van der Waals surface area (Å²) in [5, 5.41) is 0. The molecule has 1 aromatic heterocycles. The van der Waals surface area contributed by atoms with E-state index in [4.69, 9.17) is 4.42 Å². The molecule has 0 aliphatic carbocycles. The van der Waals surface area contributed by atoms with Gasteiger partial charge in [-0.25, -0.2) is 0 Å².